The topological polar surface area (TPSA) is 72.5 Å². The van der Waals surface area contributed by atoms with Crippen molar-refractivity contribution >= 4 is 17.6 Å². The van der Waals surface area contributed by atoms with Gasteiger partial charge in [0.1, 0.15) is 11.8 Å². The Labute approximate surface area is 94.0 Å². The molecule has 15 heavy (non-hydrogen) atoms. The van der Waals surface area contributed by atoms with Crippen LogP contribution in [0.15, 0.2) is 18.2 Å². The summed E-state index contributed by atoms with van der Waals surface area (Å²) in [5.74, 6) is -0.690. The number of ether oxygens (including phenoxy) is 1. The van der Waals surface area contributed by atoms with Gasteiger partial charge in [0.25, 0.3) is 0 Å². The van der Waals surface area contributed by atoms with Crippen LogP contribution in [0.3, 0.4) is 0 Å². The predicted molar refractivity (Wildman–Crippen MR) is 57.3 cm³/mol. The second-order valence-corrected chi connectivity index (χ2v) is 3.47. The minimum absolute atomic E-state index is 0.195. The van der Waals surface area contributed by atoms with Crippen molar-refractivity contribution in [1.29, 1.82) is 0 Å². The van der Waals surface area contributed by atoms with Crippen LogP contribution in [0.5, 0.6) is 5.75 Å². The fraction of sp³-hybridized carbons (Fsp3) is 0.300. The number of nitrogens with two attached hydrogens (primary N) is 1. The summed E-state index contributed by atoms with van der Waals surface area (Å²) in [4.78, 5) is 10.6. The molecule has 1 atom stereocenters. The number of carboxylic acid groups (broad SMARTS) is 1. The SMILES string of the molecule is [2H]COc1cc(C[C@H](N)C(=O)O)ccc1Cl. The van der Waals surface area contributed by atoms with Crippen molar-refractivity contribution in [2.75, 3.05) is 7.09 Å². The fourth-order valence-corrected chi connectivity index (χ4v) is 1.30. The van der Waals surface area contributed by atoms with Gasteiger partial charge in [-0.05, 0) is 24.1 Å². The van der Waals surface area contributed by atoms with Gasteiger partial charge in [-0.25, -0.2) is 0 Å². The van der Waals surface area contributed by atoms with Crippen LogP contribution in [0.2, 0.25) is 5.02 Å². The second kappa shape index (κ2) is 5.00. The van der Waals surface area contributed by atoms with E-state index in [1.54, 1.807) is 18.2 Å². The Hall–Kier alpha value is -1.26. The van der Waals surface area contributed by atoms with Crippen molar-refractivity contribution in [3.8, 4) is 5.75 Å². The van der Waals surface area contributed by atoms with E-state index in [1.165, 1.54) is 0 Å². The summed E-state index contributed by atoms with van der Waals surface area (Å²) in [6.45, 7) is 0. The fourth-order valence-electron chi connectivity index (χ4n) is 1.13. The van der Waals surface area contributed by atoms with Gasteiger partial charge in [-0.2, -0.15) is 0 Å². The van der Waals surface area contributed by atoms with Crippen molar-refractivity contribution < 1.29 is 16.0 Å². The van der Waals surface area contributed by atoms with Crippen LogP contribution in [0.25, 0.3) is 0 Å². The normalized spacial score (nSPS) is 13.1. The Morgan fingerprint density at radius 2 is 2.53 bits per heavy atom. The summed E-state index contributed by atoms with van der Waals surface area (Å²) in [5.41, 5.74) is 6.11. The number of carbonyl (C=O) groups is 1. The molecule has 0 radical (unpaired) electrons. The summed E-state index contributed by atoms with van der Waals surface area (Å²) in [7, 11) is -0.242. The smallest absolute Gasteiger partial charge is 0.320 e. The number of aliphatic carboxylic acids is 1. The Morgan fingerprint density at radius 3 is 3.13 bits per heavy atom. The summed E-state index contributed by atoms with van der Waals surface area (Å²) in [5, 5.41) is 9.05. The highest BCUT2D eigenvalue weighted by atomic mass is 35.5. The lowest BCUT2D eigenvalue weighted by Crippen LogP contribution is -2.32. The van der Waals surface area contributed by atoms with Crippen LogP contribution in [-0.2, 0) is 11.2 Å². The molecule has 3 N–H and O–H groups in total. The zero-order valence-corrected chi connectivity index (χ0v) is 8.70. The van der Waals surface area contributed by atoms with E-state index >= 15 is 0 Å². The molecule has 5 heteroatoms. The van der Waals surface area contributed by atoms with Gasteiger partial charge in [0.15, 0.2) is 0 Å². The number of benzene rings is 1. The number of hydrogen-bond acceptors (Lipinski definition) is 3. The predicted octanol–water partition coefficient (Wildman–Crippen LogP) is 1.30. The van der Waals surface area contributed by atoms with Gasteiger partial charge >= 0.3 is 5.97 Å². The molecule has 0 saturated carbocycles. The Balaban J connectivity index is 2.82. The van der Waals surface area contributed by atoms with Crippen molar-refractivity contribution in [3.63, 3.8) is 0 Å². The molecular formula is C10H12ClNO3. The molecule has 1 aromatic carbocycles. The van der Waals surface area contributed by atoms with Gasteiger partial charge in [0, 0.05) is 0 Å². The van der Waals surface area contributed by atoms with Crippen LogP contribution in [-0.4, -0.2) is 24.2 Å². The highest BCUT2D eigenvalue weighted by Crippen LogP contribution is 2.25. The van der Waals surface area contributed by atoms with E-state index in [2.05, 4.69) is 0 Å². The standard InChI is InChI=1S/C10H12ClNO3/c1-15-9-5-6(2-3-7(9)11)4-8(12)10(13)14/h2-3,5,8H,4,12H2,1H3,(H,13,14)/t8-/m0/s1/i1D. The minimum Gasteiger partial charge on any atom is -0.495 e. The van der Waals surface area contributed by atoms with Gasteiger partial charge in [-0.3, -0.25) is 4.79 Å². The number of methoxy groups -OCH3 is 1. The van der Waals surface area contributed by atoms with Crippen LogP contribution in [0.1, 0.15) is 6.93 Å². The molecule has 0 aliphatic carbocycles. The molecule has 0 fully saturated rings. The van der Waals surface area contributed by atoms with Gasteiger partial charge < -0.3 is 15.6 Å². The van der Waals surface area contributed by atoms with Crippen LogP contribution in [0.4, 0.5) is 0 Å². The Morgan fingerprint density at radius 1 is 1.80 bits per heavy atom. The van der Waals surface area contributed by atoms with Gasteiger partial charge in [-0.1, -0.05) is 17.7 Å². The Kier molecular flexibility index (Phi) is 3.42. The summed E-state index contributed by atoms with van der Waals surface area (Å²) in [6.07, 6.45) is 0.195. The third-order valence-electron chi connectivity index (χ3n) is 1.92. The molecule has 0 aromatic heterocycles. The highest BCUT2D eigenvalue weighted by molar-refractivity contribution is 6.32. The maximum Gasteiger partial charge on any atom is 0.320 e. The molecule has 0 spiro atoms. The maximum absolute atomic E-state index is 10.6. The van der Waals surface area contributed by atoms with E-state index < -0.39 is 12.0 Å². The van der Waals surface area contributed by atoms with E-state index in [-0.39, 0.29) is 13.5 Å². The first kappa shape index (κ1) is 10.3. The molecule has 1 rings (SSSR count). The quantitative estimate of drug-likeness (QED) is 0.818. The first-order valence-electron chi connectivity index (χ1n) is 4.94. The van der Waals surface area contributed by atoms with Crippen molar-refractivity contribution in [1.82, 2.24) is 0 Å². The molecule has 0 unspecified atom stereocenters. The van der Waals surface area contributed by atoms with Gasteiger partial charge in [0.2, 0.25) is 0 Å². The van der Waals surface area contributed by atoms with Crippen molar-refractivity contribution in [2.24, 2.45) is 5.73 Å². The molecule has 0 aliphatic heterocycles. The zero-order chi connectivity index (χ0) is 12.1. The monoisotopic (exact) mass is 230 g/mol. The molecule has 4 nitrogen and oxygen atoms in total. The lowest BCUT2D eigenvalue weighted by atomic mass is 10.1. The molecule has 0 saturated heterocycles. The lowest BCUT2D eigenvalue weighted by Gasteiger charge is -2.08. The summed E-state index contributed by atoms with van der Waals surface area (Å²) in [6, 6.07) is 3.92. The van der Waals surface area contributed by atoms with E-state index in [9.17, 15) is 4.79 Å². The third kappa shape index (κ3) is 3.11. The second-order valence-electron chi connectivity index (χ2n) is 3.06. The van der Waals surface area contributed by atoms with E-state index in [4.69, 9.17) is 28.5 Å². The van der Waals surface area contributed by atoms with E-state index in [0.29, 0.717) is 16.3 Å². The van der Waals surface area contributed by atoms with Gasteiger partial charge in [-0.15, -0.1) is 0 Å². The molecule has 0 amide bonds. The number of halogens is 1. The van der Waals surface area contributed by atoms with Crippen molar-refractivity contribution in [3.05, 3.63) is 28.8 Å². The molecule has 0 aliphatic rings. The number of carboxylic acids is 1. The average molecular weight is 231 g/mol. The lowest BCUT2D eigenvalue weighted by molar-refractivity contribution is -0.138. The minimum atomic E-state index is -1.06. The molecule has 0 heterocycles. The van der Waals surface area contributed by atoms with Crippen LogP contribution >= 0.6 is 11.6 Å². The van der Waals surface area contributed by atoms with E-state index in [0.717, 1.165) is 0 Å². The van der Waals surface area contributed by atoms with Crippen LogP contribution in [0, 0.1) is 0 Å². The third-order valence-corrected chi connectivity index (χ3v) is 2.24. The first-order chi connectivity index (χ1) is 7.54. The first-order valence-corrected chi connectivity index (χ1v) is 4.61. The van der Waals surface area contributed by atoms with E-state index in [1.807, 2.05) is 0 Å². The number of hydrogen-bond donors (Lipinski definition) is 2. The van der Waals surface area contributed by atoms with Crippen LogP contribution < -0.4 is 10.5 Å². The molecule has 0 bridgehead atoms. The van der Waals surface area contributed by atoms with Gasteiger partial charge in [0.05, 0.1) is 13.5 Å². The average Bonchev–Trinajstić information content (AvgIpc) is 2.23. The summed E-state index contributed by atoms with van der Waals surface area (Å²) < 4.78 is 11.9. The largest absolute Gasteiger partial charge is 0.495 e. The zero-order valence-electron chi connectivity index (χ0n) is 8.94. The van der Waals surface area contributed by atoms with Crippen molar-refractivity contribution in [2.45, 2.75) is 12.5 Å². The molecule has 1 aromatic rings. The molecular weight excluding hydrogens is 218 g/mol. The number of rotatable bonds is 4. The summed E-state index contributed by atoms with van der Waals surface area (Å²) >= 11 is 5.82. The molecule has 82 valence electrons. The maximum atomic E-state index is 10.6. The highest BCUT2D eigenvalue weighted by Gasteiger charge is 2.13. The Bertz CT molecular complexity index is 386.